The summed E-state index contributed by atoms with van der Waals surface area (Å²) in [4.78, 5) is 13.2. The summed E-state index contributed by atoms with van der Waals surface area (Å²) in [6.07, 6.45) is 4.51. The van der Waals surface area contributed by atoms with Crippen LogP contribution < -0.4 is 10.6 Å². The van der Waals surface area contributed by atoms with Gasteiger partial charge in [0, 0.05) is 32.2 Å². The summed E-state index contributed by atoms with van der Waals surface area (Å²) in [7, 11) is 0. The summed E-state index contributed by atoms with van der Waals surface area (Å²) >= 11 is 0. The third kappa shape index (κ3) is 1.89. The smallest absolute Gasteiger partial charge is 0.317 e. The number of fused-ring (bicyclic) bond motifs is 2. The van der Waals surface area contributed by atoms with E-state index >= 15 is 0 Å². The molecule has 2 N–H and O–H groups in total. The predicted octanol–water partition coefficient (Wildman–Crippen LogP) is -0.0789. The Morgan fingerprint density at radius 1 is 1.50 bits per heavy atom. The third-order valence-corrected chi connectivity index (χ3v) is 3.84. The molecule has 3 aliphatic rings. The first kappa shape index (κ1) is 10.4. The van der Waals surface area contributed by atoms with Gasteiger partial charge >= 0.3 is 6.03 Å². The van der Waals surface area contributed by atoms with E-state index in [4.69, 9.17) is 4.74 Å². The van der Waals surface area contributed by atoms with E-state index in [1.807, 2.05) is 4.90 Å². The second-order valence-electron chi connectivity index (χ2n) is 4.89. The first-order valence-electron chi connectivity index (χ1n) is 6.24. The molecule has 3 heterocycles. The molecule has 0 saturated carbocycles. The number of ether oxygens (including phenoxy) is 1. The van der Waals surface area contributed by atoms with Crippen LogP contribution in [0.2, 0.25) is 0 Å². The van der Waals surface area contributed by atoms with Crippen molar-refractivity contribution in [3.63, 3.8) is 0 Å². The van der Waals surface area contributed by atoms with Crippen LogP contribution in [0.5, 0.6) is 0 Å². The SMILES string of the molecule is O=C1NCCN1CCNC1CC2CCC1O2. The van der Waals surface area contributed by atoms with Gasteiger partial charge in [0.15, 0.2) is 0 Å². The van der Waals surface area contributed by atoms with Gasteiger partial charge in [0.2, 0.25) is 0 Å². The molecule has 0 aromatic carbocycles. The van der Waals surface area contributed by atoms with Gasteiger partial charge in [0.25, 0.3) is 0 Å². The van der Waals surface area contributed by atoms with E-state index in [-0.39, 0.29) is 6.03 Å². The highest BCUT2D eigenvalue weighted by Crippen LogP contribution is 2.34. The number of nitrogens with one attached hydrogen (secondary N) is 2. The molecule has 0 aromatic rings. The normalized spacial score (nSPS) is 37.1. The minimum Gasteiger partial charge on any atom is -0.373 e. The van der Waals surface area contributed by atoms with Gasteiger partial charge in [-0.2, -0.15) is 0 Å². The monoisotopic (exact) mass is 225 g/mol. The van der Waals surface area contributed by atoms with Crippen LogP contribution >= 0.6 is 0 Å². The minimum absolute atomic E-state index is 0.0750. The van der Waals surface area contributed by atoms with E-state index in [1.54, 1.807) is 0 Å². The molecule has 5 nitrogen and oxygen atoms in total. The van der Waals surface area contributed by atoms with Crippen molar-refractivity contribution in [1.82, 2.24) is 15.5 Å². The zero-order valence-electron chi connectivity index (χ0n) is 9.45. The first-order chi connectivity index (χ1) is 7.83. The Labute approximate surface area is 95.5 Å². The molecule has 16 heavy (non-hydrogen) atoms. The van der Waals surface area contributed by atoms with Gasteiger partial charge in [-0.15, -0.1) is 0 Å². The molecule has 3 fully saturated rings. The highest BCUT2D eigenvalue weighted by molar-refractivity contribution is 5.76. The first-order valence-corrected chi connectivity index (χ1v) is 6.24. The fourth-order valence-electron chi connectivity index (χ4n) is 2.96. The van der Waals surface area contributed by atoms with Crippen LogP contribution in [0, 0.1) is 0 Å². The highest BCUT2D eigenvalue weighted by Gasteiger charge is 2.40. The summed E-state index contributed by atoms with van der Waals surface area (Å²) in [5, 5.41) is 6.32. The molecular formula is C11H19N3O2. The average Bonchev–Trinajstić information content (AvgIpc) is 2.96. The fraction of sp³-hybridized carbons (Fsp3) is 0.909. The van der Waals surface area contributed by atoms with E-state index in [0.717, 1.165) is 32.6 Å². The van der Waals surface area contributed by atoms with Crippen LogP contribution in [0.1, 0.15) is 19.3 Å². The molecule has 2 bridgehead atoms. The van der Waals surface area contributed by atoms with Crippen LogP contribution in [0.25, 0.3) is 0 Å². The molecule has 3 unspecified atom stereocenters. The number of rotatable bonds is 4. The minimum atomic E-state index is 0.0750. The van der Waals surface area contributed by atoms with Crippen molar-refractivity contribution in [3.8, 4) is 0 Å². The highest BCUT2D eigenvalue weighted by atomic mass is 16.5. The molecule has 0 aromatic heterocycles. The molecule has 3 saturated heterocycles. The number of amides is 2. The summed E-state index contributed by atoms with van der Waals surface area (Å²) in [6.45, 7) is 3.31. The van der Waals surface area contributed by atoms with E-state index in [1.165, 1.54) is 12.8 Å². The summed E-state index contributed by atoms with van der Waals surface area (Å²) in [5.74, 6) is 0. The van der Waals surface area contributed by atoms with Crippen LogP contribution in [-0.2, 0) is 4.74 Å². The summed E-state index contributed by atoms with van der Waals surface area (Å²) in [6, 6.07) is 0.593. The van der Waals surface area contributed by atoms with Gasteiger partial charge in [-0.3, -0.25) is 0 Å². The predicted molar refractivity (Wildman–Crippen MR) is 59.3 cm³/mol. The zero-order valence-corrected chi connectivity index (χ0v) is 9.45. The number of carbonyl (C=O) groups is 1. The molecule has 0 radical (unpaired) electrons. The topological polar surface area (TPSA) is 53.6 Å². The second-order valence-corrected chi connectivity index (χ2v) is 4.89. The number of nitrogens with zero attached hydrogens (tertiary/aromatic N) is 1. The molecule has 0 spiro atoms. The lowest BCUT2D eigenvalue weighted by Gasteiger charge is -2.22. The fourth-order valence-corrected chi connectivity index (χ4v) is 2.96. The number of urea groups is 1. The standard InChI is InChI=1S/C11H19N3O2/c15-11-13-4-6-14(11)5-3-12-9-7-8-1-2-10(9)16-8/h8-10,12H,1-7H2,(H,13,15). The Bertz CT molecular complexity index is 284. The van der Waals surface area contributed by atoms with Crippen LogP contribution in [0.15, 0.2) is 0 Å². The maximum absolute atomic E-state index is 11.3. The average molecular weight is 225 g/mol. The maximum Gasteiger partial charge on any atom is 0.317 e. The summed E-state index contributed by atoms with van der Waals surface area (Å²) < 4.78 is 5.77. The van der Waals surface area contributed by atoms with Gasteiger partial charge in [-0.05, 0) is 19.3 Å². The van der Waals surface area contributed by atoms with Crippen LogP contribution in [-0.4, -0.2) is 55.4 Å². The molecule has 3 aliphatic heterocycles. The van der Waals surface area contributed by atoms with Crippen molar-refractivity contribution >= 4 is 6.03 Å². The van der Waals surface area contributed by atoms with Gasteiger partial charge in [-0.25, -0.2) is 4.79 Å². The quantitative estimate of drug-likeness (QED) is 0.703. The zero-order chi connectivity index (χ0) is 11.0. The molecule has 5 heteroatoms. The van der Waals surface area contributed by atoms with Crippen molar-refractivity contribution in [3.05, 3.63) is 0 Å². The van der Waals surface area contributed by atoms with Crippen molar-refractivity contribution in [2.75, 3.05) is 26.2 Å². The van der Waals surface area contributed by atoms with E-state index in [2.05, 4.69) is 10.6 Å². The summed E-state index contributed by atoms with van der Waals surface area (Å²) in [5.41, 5.74) is 0. The molecule has 90 valence electrons. The van der Waals surface area contributed by atoms with Gasteiger partial charge in [0.1, 0.15) is 0 Å². The Morgan fingerprint density at radius 3 is 3.06 bits per heavy atom. The molecule has 3 rings (SSSR count). The third-order valence-electron chi connectivity index (χ3n) is 3.84. The molecule has 0 aliphatic carbocycles. The van der Waals surface area contributed by atoms with Gasteiger partial charge < -0.3 is 20.3 Å². The molecular weight excluding hydrogens is 206 g/mol. The largest absolute Gasteiger partial charge is 0.373 e. The van der Waals surface area contributed by atoms with Gasteiger partial charge in [0.05, 0.1) is 12.2 Å². The van der Waals surface area contributed by atoms with Gasteiger partial charge in [-0.1, -0.05) is 0 Å². The Balaban J connectivity index is 1.39. The number of carbonyl (C=O) groups excluding carboxylic acids is 1. The van der Waals surface area contributed by atoms with Crippen molar-refractivity contribution < 1.29 is 9.53 Å². The van der Waals surface area contributed by atoms with Crippen molar-refractivity contribution in [1.29, 1.82) is 0 Å². The van der Waals surface area contributed by atoms with E-state index < -0.39 is 0 Å². The van der Waals surface area contributed by atoms with E-state index in [0.29, 0.717) is 18.2 Å². The Morgan fingerprint density at radius 2 is 2.44 bits per heavy atom. The van der Waals surface area contributed by atoms with Crippen LogP contribution in [0.3, 0.4) is 0 Å². The van der Waals surface area contributed by atoms with Crippen molar-refractivity contribution in [2.45, 2.75) is 37.5 Å². The van der Waals surface area contributed by atoms with E-state index in [9.17, 15) is 4.79 Å². The lowest BCUT2D eigenvalue weighted by atomic mass is 9.95. The number of hydrogen-bond acceptors (Lipinski definition) is 3. The second kappa shape index (κ2) is 4.22. The van der Waals surface area contributed by atoms with Crippen molar-refractivity contribution in [2.24, 2.45) is 0 Å². The lowest BCUT2D eigenvalue weighted by Crippen LogP contribution is -2.42. The molecule has 2 amide bonds. The Kier molecular flexibility index (Phi) is 2.73. The Hall–Kier alpha value is -0.810. The maximum atomic E-state index is 11.3. The molecule has 3 atom stereocenters. The number of hydrogen-bond donors (Lipinski definition) is 2. The lowest BCUT2D eigenvalue weighted by molar-refractivity contribution is 0.0973. The van der Waals surface area contributed by atoms with Crippen LogP contribution in [0.4, 0.5) is 4.79 Å².